The van der Waals surface area contributed by atoms with Gasteiger partial charge < -0.3 is 15.7 Å². The lowest BCUT2D eigenvalue weighted by atomic mass is 9.56. The first kappa shape index (κ1) is 20.4. The number of nitrogens with two attached hydrogens (primary N) is 1. The van der Waals surface area contributed by atoms with Gasteiger partial charge in [-0.3, -0.25) is 24.0 Å². The fourth-order valence-electron chi connectivity index (χ4n) is 5.54. The second-order valence-electron chi connectivity index (χ2n) is 8.93. The molecule has 2 fully saturated rings. The van der Waals surface area contributed by atoms with Gasteiger partial charge in [0.1, 0.15) is 5.75 Å². The number of amides is 1. The lowest BCUT2D eigenvalue weighted by Gasteiger charge is -2.44. The highest BCUT2D eigenvalue weighted by molar-refractivity contribution is 6.27. The van der Waals surface area contributed by atoms with Crippen molar-refractivity contribution in [2.24, 2.45) is 35.3 Å². The van der Waals surface area contributed by atoms with E-state index in [4.69, 9.17) is 5.73 Å². The molecule has 3 aliphatic carbocycles. The molecule has 30 heavy (non-hydrogen) atoms. The highest BCUT2D eigenvalue weighted by Gasteiger charge is 2.57. The third-order valence-corrected chi connectivity index (χ3v) is 6.69. The Morgan fingerprint density at radius 2 is 1.73 bits per heavy atom. The van der Waals surface area contributed by atoms with Gasteiger partial charge in [-0.05, 0) is 56.0 Å². The summed E-state index contributed by atoms with van der Waals surface area (Å²) in [7, 11) is 3.80. The zero-order chi connectivity index (χ0) is 21.9. The molecule has 1 aromatic rings. The smallest absolute Gasteiger partial charge is 0.235 e. The molecule has 1 amide bonds. The zero-order valence-corrected chi connectivity index (χ0v) is 16.9. The predicted octanol–water partition coefficient (Wildman–Crippen LogP) is 0.274. The monoisotopic (exact) mass is 412 g/mol. The lowest BCUT2D eigenvalue weighted by Crippen LogP contribution is -2.56. The number of phenols is 1. The summed E-state index contributed by atoms with van der Waals surface area (Å²) in [5, 5.41) is 10.4. The highest BCUT2D eigenvalue weighted by Crippen LogP contribution is 2.48. The van der Waals surface area contributed by atoms with Crippen molar-refractivity contribution in [3.63, 3.8) is 0 Å². The maximum absolute atomic E-state index is 13.3. The minimum Gasteiger partial charge on any atom is -0.507 e. The summed E-state index contributed by atoms with van der Waals surface area (Å²) in [4.78, 5) is 65.2. The van der Waals surface area contributed by atoms with Crippen molar-refractivity contribution in [3.8, 4) is 5.75 Å². The van der Waals surface area contributed by atoms with E-state index in [0.717, 1.165) is 11.1 Å². The second-order valence-corrected chi connectivity index (χ2v) is 8.93. The molecule has 0 radical (unpaired) electrons. The number of Topliss-reactive ketones (excluding diaryl/α,β-unsaturated/α-hetero) is 4. The Morgan fingerprint density at radius 1 is 1.07 bits per heavy atom. The Balaban J connectivity index is 1.75. The number of carbonyl (C=O) groups is 5. The maximum Gasteiger partial charge on any atom is 0.235 e. The predicted molar refractivity (Wildman–Crippen MR) is 104 cm³/mol. The van der Waals surface area contributed by atoms with Gasteiger partial charge in [-0.1, -0.05) is 6.07 Å². The van der Waals surface area contributed by atoms with Crippen molar-refractivity contribution in [3.05, 3.63) is 28.8 Å². The van der Waals surface area contributed by atoms with Gasteiger partial charge in [0, 0.05) is 13.0 Å². The van der Waals surface area contributed by atoms with Crippen LogP contribution in [-0.2, 0) is 32.1 Å². The number of phenolic OH excluding ortho intramolecular Hbond substituents is 1. The summed E-state index contributed by atoms with van der Waals surface area (Å²) in [6, 6.07) is 3.24. The molecular formula is C22H24N2O6. The fourth-order valence-corrected chi connectivity index (χ4v) is 5.54. The van der Waals surface area contributed by atoms with E-state index < -0.39 is 52.7 Å². The van der Waals surface area contributed by atoms with Crippen molar-refractivity contribution in [2.75, 3.05) is 14.1 Å². The van der Waals surface area contributed by atoms with E-state index in [0.29, 0.717) is 19.4 Å². The number of primary amides is 1. The Bertz CT molecular complexity index is 998. The van der Waals surface area contributed by atoms with Crippen molar-refractivity contribution >= 4 is 29.0 Å². The molecule has 4 rings (SSSR count). The average Bonchev–Trinajstić information content (AvgIpc) is 2.62. The van der Waals surface area contributed by atoms with Gasteiger partial charge in [-0.15, -0.1) is 0 Å². The van der Waals surface area contributed by atoms with Crippen molar-refractivity contribution in [1.82, 2.24) is 4.90 Å². The number of carbonyl (C=O) groups excluding carboxylic acids is 5. The number of fused-ring (bicyclic) bond motifs is 3. The van der Waals surface area contributed by atoms with Gasteiger partial charge in [0.2, 0.25) is 5.91 Å². The second kappa shape index (κ2) is 7.12. The summed E-state index contributed by atoms with van der Waals surface area (Å²) < 4.78 is 0. The van der Waals surface area contributed by atoms with Crippen LogP contribution in [0.2, 0.25) is 0 Å². The minimum absolute atomic E-state index is 0.0649. The molecule has 0 saturated heterocycles. The summed E-state index contributed by atoms with van der Waals surface area (Å²) in [6.45, 7) is 0.574. The molecule has 3 aliphatic rings. The van der Waals surface area contributed by atoms with Crippen LogP contribution >= 0.6 is 0 Å². The number of hydrogen-bond acceptors (Lipinski definition) is 7. The van der Waals surface area contributed by atoms with Gasteiger partial charge in [0.15, 0.2) is 29.1 Å². The van der Waals surface area contributed by atoms with Gasteiger partial charge >= 0.3 is 0 Å². The molecular weight excluding hydrogens is 388 g/mol. The maximum atomic E-state index is 13.3. The fraction of sp³-hybridized carbons (Fsp3) is 0.500. The molecule has 0 spiro atoms. The standard InChI is InChI=1S/C22H24N2O6/c1-24(2)8-9-3-4-13(25)17-12(9)6-10-5-11-7-14(26)18(22(23)30)21(29)16(11)19(27)15(10)20(17)28/h3-4,10-11,15-16,18,25H,5-8H2,1-2H3,(H2,23,30). The van der Waals surface area contributed by atoms with E-state index in [1.807, 2.05) is 19.0 Å². The molecule has 0 aliphatic heterocycles. The van der Waals surface area contributed by atoms with Crippen LogP contribution in [0.25, 0.3) is 0 Å². The third kappa shape index (κ3) is 2.98. The molecule has 2 saturated carbocycles. The molecule has 158 valence electrons. The number of hydrogen-bond donors (Lipinski definition) is 2. The largest absolute Gasteiger partial charge is 0.507 e. The summed E-state index contributed by atoms with van der Waals surface area (Å²) in [5.74, 6) is -8.27. The van der Waals surface area contributed by atoms with Crippen LogP contribution in [0.5, 0.6) is 5.75 Å². The van der Waals surface area contributed by atoms with Gasteiger partial charge in [-0.25, -0.2) is 0 Å². The van der Waals surface area contributed by atoms with Gasteiger partial charge in [0.25, 0.3) is 0 Å². The van der Waals surface area contributed by atoms with E-state index in [1.165, 1.54) is 6.07 Å². The Hall–Kier alpha value is -2.87. The third-order valence-electron chi connectivity index (χ3n) is 6.69. The van der Waals surface area contributed by atoms with Crippen LogP contribution in [0, 0.1) is 29.6 Å². The summed E-state index contributed by atoms with van der Waals surface area (Å²) >= 11 is 0. The molecule has 8 nitrogen and oxygen atoms in total. The normalized spacial score (nSPS) is 30.7. The Kier molecular flexibility index (Phi) is 4.85. The molecule has 0 bridgehead atoms. The van der Waals surface area contributed by atoms with Crippen LogP contribution < -0.4 is 5.73 Å². The van der Waals surface area contributed by atoms with Crippen LogP contribution in [0.4, 0.5) is 0 Å². The lowest BCUT2D eigenvalue weighted by molar-refractivity contribution is -0.152. The Labute approximate surface area is 173 Å². The first-order valence-corrected chi connectivity index (χ1v) is 10.0. The number of ketones is 4. The molecule has 8 heteroatoms. The van der Waals surface area contributed by atoms with Crippen LogP contribution in [0.3, 0.4) is 0 Å². The Morgan fingerprint density at radius 3 is 2.37 bits per heavy atom. The highest BCUT2D eigenvalue weighted by atomic mass is 16.3. The molecule has 1 aromatic carbocycles. The van der Waals surface area contributed by atoms with E-state index >= 15 is 0 Å². The van der Waals surface area contributed by atoms with Gasteiger partial charge in [-0.2, -0.15) is 0 Å². The molecule has 5 atom stereocenters. The van der Waals surface area contributed by atoms with E-state index in [1.54, 1.807) is 6.07 Å². The number of nitrogens with zero attached hydrogens (tertiary/aromatic N) is 1. The van der Waals surface area contributed by atoms with Crippen molar-refractivity contribution in [1.29, 1.82) is 0 Å². The van der Waals surface area contributed by atoms with E-state index in [-0.39, 0.29) is 23.7 Å². The number of benzene rings is 1. The van der Waals surface area contributed by atoms with Crippen molar-refractivity contribution in [2.45, 2.75) is 25.8 Å². The minimum atomic E-state index is -1.61. The van der Waals surface area contributed by atoms with Crippen LogP contribution in [0.1, 0.15) is 34.3 Å². The number of rotatable bonds is 3. The summed E-state index contributed by atoms with van der Waals surface area (Å²) in [6.07, 6.45) is 0.719. The molecule has 0 aromatic heterocycles. The zero-order valence-electron chi connectivity index (χ0n) is 16.9. The average molecular weight is 412 g/mol. The first-order valence-electron chi connectivity index (χ1n) is 10.0. The topological polar surface area (TPSA) is 135 Å². The number of aromatic hydroxyl groups is 1. The van der Waals surface area contributed by atoms with Crippen LogP contribution in [-0.4, -0.2) is 53.1 Å². The SMILES string of the molecule is CN(C)Cc1ccc(O)c2c1CC1CC3CC(=O)C(C(N)=O)C(=O)C3C(=O)C1C2=O. The van der Waals surface area contributed by atoms with E-state index in [2.05, 4.69) is 0 Å². The van der Waals surface area contributed by atoms with Crippen molar-refractivity contribution < 1.29 is 29.1 Å². The summed E-state index contributed by atoms with van der Waals surface area (Å²) in [5.41, 5.74) is 6.99. The van der Waals surface area contributed by atoms with Gasteiger partial charge in [0.05, 0.1) is 17.4 Å². The molecule has 3 N–H and O–H groups in total. The first-order chi connectivity index (χ1) is 14.1. The quantitative estimate of drug-likeness (QED) is 0.681. The van der Waals surface area contributed by atoms with E-state index in [9.17, 15) is 29.1 Å². The molecule has 0 heterocycles. The van der Waals surface area contributed by atoms with Crippen LogP contribution in [0.15, 0.2) is 12.1 Å². The molecule has 5 unspecified atom stereocenters.